The molecule has 1 rings (SSSR count). The lowest BCUT2D eigenvalue weighted by molar-refractivity contribution is 0.534. The van der Waals surface area contributed by atoms with Crippen LogP contribution in [0.2, 0.25) is 0 Å². The average molecular weight is 338 g/mol. The largest absolute Gasteiger partial charge is 0.368 e. The summed E-state index contributed by atoms with van der Waals surface area (Å²) in [6, 6.07) is 0.564. The summed E-state index contributed by atoms with van der Waals surface area (Å²) < 4.78 is 0. The van der Waals surface area contributed by atoms with Gasteiger partial charge in [0.25, 0.3) is 0 Å². The second kappa shape index (κ2) is 14.7. The molecule has 2 atom stereocenters. The number of nitrogens with one attached hydrogen (secondary N) is 1. The van der Waals surface area contributed by atoms with E-state index < -0.39 is 0 Å². The topological polar surface area (TPSA) is 50.4 Å². The average Bonchev–Trinajstić information content (AvgIpc) is 3.04. The van der Waals surface area contributed by atoms with Crippen molar-refractivity contribution < 1.29 is 0 Å². The fraction of sp³-hybridized carbons (Fsp3) is 0.952. The van der Waals surface area contributed by atoms with Gasteiger partial charge in [0.05, 0.1) is 18.4 Å². The van der Waals surface area contributed by atoms with Crippen molar-refractivity contribution in [3.8, 4) is 0 Å². The van der Waals surface area contributed by atoms with Gasteiger partial charge in [0.15, 0.2) is 0 Å². The molecule has 0 fully saturated rings. The Morgan fingerprint density at radius 1 is 0.875 bits per heavy atom. The molecule has 0 bridgehead atoms. The maximum absolute atomic E-state index is 5.90. The van der Waals surface area contributed by atoms with E-state index >= 15 is 0 Å². The summed E-state index contributed by atoms with van der Waals surface area (Å²) in [4.78, 5) is 4.56. The minimum Gasteiger partial charge on any atom is -0.368 e. The van der Waals surface area contributed by atoms with Crippen molar-refractivity contribution >= 4 is 5.84 Å². The number of hydrogen-bond acceptors (Lipinski definition) is 3. The van der Waals surface area contributed by atoms with Gasteiger partial charge in [-0.2, -0.15) is 0 Å². The highest BCUT2D eigenvalue weighted by Crippen LogP contribution is 2.14. The quantitative estimate of drug-likeness (QED) is 0.361. The van der Waals surface area contributed by atoms with Crippen LogP contribution in [0.25, 0.3) is 0 Å². The first-order valence-corrected chi connectivity index (χ1v) is 10.8. The Morgan fingerprint density at radius 2 is 1.33 bits per heavy atom. The lowest BCUT2D eigenvalue weighted by Crippen LogP contribution is -2.43. The number of nitrogens with zero attached hydrogens (tertiary/aromatic N) is 1. The Labute approximate surface area is 151 Å². The molecule has 0 radical (unpaired) electrons. The lowest BCUT2D eigenvalue weighted by atomic mass is 10.0. The molecule has 0 aliphatic carbocycles. The fourth-order valence-electron chi connectivity index (χ4n) is 3.45. The van der Waals surface area contributed by atoms with Crippen LogP contribution in [0.3, 0.4) is 0 Å². The van der Waals surface area contributed by atoms with Gasteiger partial charge in [-0.05, 0) is 13.3 Å². The number of rotatable bonds is 16. The minimum absolute atomic E-state index is 0.197. The number of hydrogen-bond donors (Lipinski definition) is 2. The highest BCUT2D eigenvalue weighted by Gasteiger charge is 2.19. The standard InChI is InChI=1S/C21H43N3/c1-3-4-5-6-7-8-9-10-11-12-13-14-15-16-17-21-23-18-20(24-21)19(2)22/h19-20H,3-18,22H2,1-2H3,(H,23,24). The van der Waals surface area contributed by atoms with E-state index in [1.807, 2.05) is 0 Å². The van der Waals surface area contributed by atoms with Crippen LogP contribution in [0.4, 0.5) is 0 Å². The molecule has 0 aromatic heterocycles. The first-order valence-electron chi connectivity index (χ1n) is 10.8. The fourth-order valence-corrected chi connectivity index (χ4v) is 3.45. The van der Waals surface area contributed by atoms with Crippen molar-refractivity contribution in [3.05, 3.63) is 0 Å². The molecule has 1 aliphatic heterocycles. The van der Waals surface area contributed by atoms with Crippen LogP contribution in [-0.2, 0) is 0 Å². The van der Waals surface area contributed by atoms with Gasteiger partial charge in [0.2, 0.25) is 0 Å². The molecular weight excluding hydrogens is 294 g/mol. The summed E-state index contributed by atoms with van der Waals surface area (Å²) in [5.74, 6) is 1.19. The van der Waals surface area contributed by atoms with Crippen LogP contribution in [0.5, 0.6) is 0 Å². The van der Waals surface area contributed by atoms with Crippen molar-refractivity contribution in [2.45, 2.75) is 122 Å². The number of aliphatic imine (C=N–C) groups is 1. The Bertz CT molecular complexity index is 312. The van der Waals surface area contributed by atoms with E-state index in [4.69, 9.17) is 5.73 Å². The second-order valence-corrected chi connectivity index (χ2v) is 7.74. The number of nitrogens with two attached hydrogens (primary N) is 1. The third-order valence-corrected chi connectivity index (χ3v) is 5.23. The molecule has 142 valence electrons. The third-order valence-electron chi connectivity index (χ3n) is 5.23. The second-order valence-electron chi connectivity index (χ2n) is 7.74. The Hall–Kier alpha value is -0.570. The van der Waals surface area contributed by atoms with Gasteiger partial charge in [-0.25, -0.2) is 0 Å². The van der Waals surface area contributed by atoms with Gasteiger partial charge >= 0.3 is 0 Å². The summed E-state index contributed by atoms with van der Waals surface area (Å²) in [5, 5.41) is 3.46. The van der Waals surface area contributed by atoms with Crippen LogP contribution in [0.15, 0.2) is 4.99 Å². The number of unbranched alkanes of at least 4 members (excludes halogenated alkanes) is 13. The third kappa shape index (κ3) is 11.1. The number of amidine groups is 1. The van der Waals surface area contributed by atoms with Crippen LogP contribution in [0, 0.1) is 0 Å². The molecule has 2 unspecified atom stereocenters. The van der Waals surface area contributed by atoms with Gasteiger partial charge in [-0.1, -0.05) is 90.4 Å². The molecule has 3 N–H and O–H groups in total. The molecule has 24 heavy (non-hydrogen) atoms. The van der Waals surface area contributed by atoms with Crippen molar-refractivity contribution in [1.29, 1.82) is 0 Å². The molecule has 1 heterocycles. The van der Waals surface area contributed by atoms with Crippen LogP contribution in [0.1, 0.15) is 110 Å². The highest BCUT2D eigenvalue weighted by molar-refractivity contribution is 5.84. The van der Waals surface area contributed by atoms with Gasteiger partial charge < -0.3 is 11.1 Å². The Balaban J connectivity index is 1.75. The zero-order chi connectivity index (χ0) is 17.5. The summed E-state index contributed by atoms with van der Waals surface area (Å²) in [6.45, 7) is 5.21. The van der Waals surface area contributed by atoms with E-state index in [9.17, 15) is 0 Å². The van der Waals surface area contributed by atoms with Gasteiger partial charge in [-0.3, -0.25) is 4.99 Å². The molecule has 0 amide bonds. The smallest absolute Gasteiger partial charge is 0.0967 e. The maximum Gasteiger partial charge on any atom is 0.0967 e. The van der Waals surface area contributed by atoms with E-state index in [2.05, 4.69) is 24.2 Å². The molecule has 0 spiro atoms. The molecule has 0 aromatic carbocycles. The maximum atomic E-state index is 5.90. The normalized spacial score (nSPS) is 18.5. The Kier molecular flexibility index (Phi) is 13.2. The van der Waals surface area contributed by atoms with Crippen LogP contribution < -0.4 is 11.1 Å². The summed E-state index contributed by atoms with van der Waals surface area (Å²) in [7, 11) is 0. The highest BCUT2D eigenvalue weighted by atomic mass is 15.1. The Morgan fingerprint density at radius 3 is 1.75 bits per heavy atom. The molecule has 0 aromatic rings. The van der Waals surface area contributed by atoms with Gasteiger partial charge in [0.1, 0.15) is 0 Å². The predicted molar refractivity (Wildman–Crippen MR) is 108 cm³/mol. The van der Waals surface area contributed by atoms with Crippen molar-refractivity contribution in [1.82, 2.24) is 5.32 Å². The molecule has 1 aliphatic rings. The van der Waals surface area contributed by atoms with Gasteiger partial charge in [0, 0.05) is 12.5 Å². The summed E-state index contributed by atoms with van der Waals surface area (Å²) >= 11 is 0. The molecule has 3 nitrogen and oxygen atoms in total. The van der Waals surface area contributed by atoms with E-state index in [-0.39, 0.29) is 6.04 Å². The van der Waals surface area contributed by atoms with Gasteiger partial charge in [-0.15, -0.1) is 0 Å². The predicted octanol–water partition coefficient (Wildman–Crippen LogP) is 5.58. The molecular formula is C21H43N3. The lowest BCUT2D eigenvalue weighted by Gasteiger charge is -2.15. The SMILES string of the molecule is CCCCCCCCCCCCCCCCC1=NCC(C(C)N)N1. The minimum atomic E-state index is 0.197. The van der Waals surface area contributed by atoms with Crippen molar-refractivity contribution in [3.63, 3.8) is 0 Å². The molecule has 0 saturated heterocycles. The van der Waals surface area contributed by atoms with E-state index in [0.29, 0.717) is 6.04 Å². The van der Waals surface area contributed by atoms with E-state index in [0.717, 1.165) is 13.0 Å². The first kappa shape index (κ1) is 21.5. The van der Waals surface area contributed by atoms with Crippen molar-refractivity contribution in [2.24, 2.45) is 10.7 Å². The van der Waals surface area contributed by atoms with E-state index in [1.54, 1.807) is 0 Å². The zero-order valence-corrected chi connectivity index (χ0v) is 16.5. The van der Waals surface area contributed by atoms with Crippen LogP contribution in [-0.4, -0.2) is 24.5 Å². The van der Waals surface area contributed by atoms with Crippen molar-refractivity contribution in [2.75, 3.05) is 6.54 Å². The summed E-state index contributed by atoms with van der Waals surface area (Å²) in [5.41, 5.74) is 5.90. The first-order chi connectivity index (χ1) is 11.7. The summed E-state index contributed by atoms with van der Waals surface area (Å²) in [6.07, 6.45) is 20.9. The zero-order valence-electron chi connectivity index (χ0n) is 16.5. The monoisotopic (exact) mass is 337 g/mol. The van der Waals surface area contributed by atoms with Crippen LogP contribution >= 0.6 is 0 Å². The molecule has 3 heteroatoms. The molecule has 0 saturated carbocycles. The van der Waals surface area contributed by atoms with E-state index in [1.165, 1.54) is 95.7 Å².